The maximum atomic E-state index is 13.4. The number of hydrogen-bond acceptors (Lipinski definition) is 3. The Morgan fingerprint density at radius 2 is 1.50 bits per heavy atom. The van der Waals surface area contributed by atoms with E-state index >= 15 is 0 Å². The van der Waals surface area contributed by atoms with Crippen molar-refractivity contribution in [3.63, 3.8) is 0 Å². The molecule has 0 aliphatic carbocycles. The monoisotopic (exact) mass is 399 g/mol. The lowest BCUT2D eigenvalue weighted by Gasteiger charge is -2.14. The van der Waals surface area contributed by atoms with Crippen molar-refractivity contribution in [2.75, 3.05) is 7.05 Å². The largest absolute Gasteiger partial charge is 0.359 e. The van der Waals surface area contributed by atoms with E-state index in [1.807, 2.05) is 36.4 Å². The molecule has 0 aliphatic heterocycles. The van der Waals surface area contributed by atoms with Crippen LogP contribution in [0.5, 0.6) is 0 Å². The van der Waals surface area contributed by atoms with Gasteiger partial charge in [0, 0.05) is 7.05 Å². The minimum absolute atomic E-state index is 0.101. The molecule has 1 aromatic heterocycles. The maximum Gasteiger partial charge on any atom is 0.336 e. The molecule has 0 saturated heterocycles. The van der Waals surface area contributed by atoms with Crippen molar-refractivity contribution in [3.05, 3.63) is 111 Å². The van der Waals surface area contributed by atoms with Crippen molar-refractivity contribution >= 4 is 16.8 Å². The van der Waals surface area contributed by atoms with Crippen LogP contribution in [0.25, 0.3) is 16.6 Å². The number of aromatic nitrogens is 2. The van der Waals surface area contributed by atoms with Crippen molar-refractivity contribution < 1.29 is 4.79 Å². The summed E-state index contributed by atoms with van der Waals surface area (Å²) in [7, 11) is 1.58. The lowest BCUT2D eigenvalue weighted by molar-refractivity contribution is -0.119. The maximum absolute atomic E-state index is 13.4. The summed E-state index contributed by atoms with van der Waals surface area (Å²) < 4.78 is 2.81. The van der Waals surface area contributed by atoms with Crippen molar-refractivity contribution in [1.82, 2.24) is 14.5 Å². The molecule has 3 aromatic carbocycles. The Labute approximate surface area is 173 Å². The molecular weight excluding hydrogens is 378 g/mol. The van der Waals surface area contributed by atoms with Crippen LogP contribution >= 0.6 is 0 Å². The highest BCUT2D eigenvalue weighted by molar-refractivity contribution is 5.79. The highest BCUT2D eigenvalue weighted by Crippen LogP contribution is 2.13. The van der Waals surface area contributed by atoms with E-state index in [0.717, 1.165) is 11.1 Å². The highest BCUT2D eigenvalue weighted by atomic mass is 16.2. The average molecular weight is 399 g/mol. The third-order valence-electron chi connectivity index (χ3n) is 5.07. The number of rotatable bonds is 5. The quantitative estimate of drug-likeness (QED) is 0.560. The predicted molar refractivity (Wildman–Crippen MR) is 117 cm³/mol. The molecule has 0 spiro atoms. The highest BCUT2D eigenvalue weighted by Gasteiger charge is 2.15. The number of benzene rings is 3. The first-order chi connectivity index (χ1) is 14.6. The summed E-state index contributed by atoms with van der Waals surface area (Å²) in [6, 6.07) is 23.7. The molecule has 0 aliphatic rings. The van der Waals surface area contributed by atoms with Crippen LogP contribution in [0.15, 0.2) is 88.5 Å². The van der Waals surface area contributed by atoms with Crippen molar-refractivity contribution in [3.8, 4) is 5.69 Å². The Hall–Kier alpha value is -3.93. The number of para-hydroxylation sites is 1. The van der Waals surface area contributed by atoms with Gasteiger partial charge in [-0.15, -0.1) is 0 Å². The van der Waals surface area contributed by atoms with Gasteiger partial charge in [0.2, 0.25) is 5.91 Å². The Balaban J connectivity index is 1.87. The van der Waals surface area contributed by atoms with E-state index in [4.69, 9.17) is 0 Å². The first kappa shape index (κ1) is 19.4. The molecule has 6 nitrogen and oxygen atoms in total. The van der Waals surface area contributed by atoms with Crippen LogP contribution in [0.4, 0.5) is 0 Å². The van der Waals surface area contributed by atoms with Gasteiger partial charge in [0.25, 0.3) is 5.56 Å². The van der Waals surface area contributed by atoms with Gasteiger partial charge < -0.3 is 5.32 Å². The molecule has 1 amide bonds. The Kier molecular flexibility index (Phi) is 5.30. The number of nitrogens with one attached hydrogen (secondary N) is 1. The number of nitrogens with zero attached hydrogens (tertiary/aromatic N) is 2. The second-order valence-corrected chi connectivity index (χ2v) is 7.03. The predicted octanol–water partition coefficient (Wildman–Crippen LogP) is 2.49. The van der Waals surface area contributed by atoms with Crippen LogP contribution in [0.3, 0.4) is 0 Å². The molecule has 150 valence electrons. The number of hydrogen-bond donors (Lipinski definition) is 1. The third-order valence-corrected chi connectivity index (χ3v) is 5.07. The van der Waals surface area contributed by atoms with Gasteiger partial charge >= 0.3 is 5.69 Å². The fourth-order valence-corrected chi connectivity index (χ4v) is 3.50. The number of carbonyl (C=O) groups excluding carboxylic acids is 1. The topological polar surface area (TPSA) is 73.1 Å². The fraction of sp³-hybridized carbons (Fsp3) is 0.125. The van der Waals surface area contributed by atoms with Gasteiger partial charge in [-0.25, -0.2) is 9.36 Å². The van der Waals surface area contributed by atoms with E-state index in [0.29, 0.717) is 23.1 Å². The van der Waals surface area contributed by atoms with E-state index in [2.05, 4.69) is 5.32 Å². The zero-order chi connectivity index (χ0) is 21.1. The van der Waals surface area contributed by atoms with Crippen LogP contribution in [0.2, 0.25) is 0 Å². The molecule has 0 radical (unpaired) electrons. The summed E-state index contributed by atoms with van der Waals surface area (Å²) in [4.78, 5) is 38.1. The van der Waals surface area contributed by atoms with Crippen LogP contribution in [-0.4, -0.2) is 22.1 Å². The van der Waals surface area contributed by atoms with Crippen molar-refractivity contribution in [2.24, 2.45) is 0 Å². The van der Waals surface area contributed by atoms with Crippen LogP contribution in [0.1, 0.15) is 11.1 Å². The van der Waals surface area contributed by atoms with Gasteiger partial charge in [-0.2, -0.15) is 0 Å². The lowest BCUT2D eigenvalue weighted by atomic mass is 10.1. The molecule has 4 rings (SSSR count). The molecule has 30 heavy (non-hydrogen) atoms. The van der Waals surface area contributed by atoms with E-state index in [-0.39, 0.29) is 17.9 Å². The van der Waals surface area contributed by atoms with E-state index in [9.17, 15) is 14.4 Å². The standard InChI is InChI=1S/C24H21N3O3/c1-25-22(28)15-17-11-13-19(14-12-17)27-23(29)20-9-5-6-10-21(20)26(24(27)30)16-18-7-3-2-4-8-18/h2-14H,15-16H2,1H3,(H,25,28). The van der Waals surface area contributed by atoms with Crippen molar-refractivity contribution in [2.45, 2.75) is 13.0 Å². The van der Waals surface area contributed by atoms with Gasteiger partial charge in [0.15, 0.2) is 0 Å². The Morgan fingerprint density at radius 3 is 2.20 bits per heavy atom. The zero-order valence-corrected chi connectivity index (χ0v) is 16.5. The Bertz CT molecular complexity index is 1320. The third kappa shape index (κ3) is 3.67. The summed E-state index contributed by atoms with van der Waals surface area (Å²) in [6.07, 6.45) is 0.238. The Morgan fingerprint density at radius 1 is 0.833 bits per heavy atom. The molecule has 1 N–H and O–H groups in total. The lowest BCUT2D eigenvalue weighted by Crippen LogP contribution is -2.39. The van der Waals surface area contributed by atoms with Crippen LogP contribution in [-0.2, 0) is 17.8 Å². The second kappa shape index (κ2) is 8.21. The molecule has 1 heterocycles. The normalized spacial score (nSPS) is 10.8. The molecule has 0 unspecified atom stereocenters. The molecule has 0 fully saturated rings. The van der Waals surface area contributed by atoms with Crippen LogP contribution < -0.4 is 16.6 Å². The SMILES string of the molecule is CNC(=O)Cc1ccc(-n2c(=O)c3ccccc3n(Cc3ccccc3)c2=O)cc1. The second-order valence-electron chi connectivity index (χ2n) is 7.03. The first-order valence-corrected chi connectivity index (χ1v) is 9.67. The average Bonchev–Trinajstić information content (AvgIpc) is 2.78. The summed E-state index contributed by atoms with van der Waals surface area (Å²) in [5.74, 6) is -0.101. The molecular formula is C24H21N3O3. The van der Waals surface area contributed by atoms with Gasteiger partial charge in [-0.05, 0) is 35.4 Å². The summed E-state index contributed by atoms with van der Waals surface area (Å²) >= 11 is 0. The molecule has 6 heteroatoms. The number of carbonyl (C=O) groups is 1. The van der Waals surface area contributed by atoms with Crippen LogP contribution in [0, 0.1) is 0 Å². The zero-order valence-electron chi connectivity index (χ0n) is 16.5. The van der Waals surface area contributed by atoms with E-state index < -0.39 is 5.69 Å². The fourth-order valence-electron chi connectivity index (χ4n) is 3.50. The summed E-state index contributed by atoms with van der Waals surface area (Å²) in [5, 5.41) is 3.06. The molecule has 4 aromatic rings. The van der Waals surface area contributed by atoms with E-state index in [1.54, 1.807) is 54.1 Å². The minimum atomic E-state index is -0.401. The number of fused-ring (bicyclic) bond motifs is 1. The molecule has 0 bridgehead atoms. The summed E-state index contributed by atoms with van der Waals surface area (Å²) in [5.41, 5.74) is 2.08. The minimum Gasteiger partial charge on any atom is -0.359 e. The first-order valence-electron chi connectivity index (χ1n) is 9.67. The van der Waals surface area contributed by atoms with Gasteiger partial charge in [-0.3, -0.25) is 14.2 Å². The molecule has 0 atom stereocenters. The van der Waals surface area contributed by atoms with Gasteiger partial charge in [-0.1, -0.05) is 54.6 Å². The van der Waals surface area contributed by atoms with Crippen molar-refractivity contribution in [1.29, 1.82) is 0 Å². The van der Waals surface area contributed by atoms with Gasteiger partial charge in [0.05, 0.1) is 29.6 Å². The van der Waals surface area contributed by atoms with E-state index in [1.165, 1.54) is 4.57 Å². The smallest absolute Gasteiger partial charge is 0.336 e. The molecule has 0 saturated carbocycles. The van der Waals surface area contributed by atoms with Gasteiger partial charge in [0.1, 0.15) is 0 Å². The summed E-state index contributed by atoms with van der Waals surface area (Å²) in [6.45, 7) is 0.356. The number of likely N-dealkylation sites (N-methyl/N-ethyl adjacent to an activating group) is 1. The number of amides is 1.